The summed E-state index contributed by atoms with van der Waals surface area (Å²) in [6, 6.07) is 0. The van der Waals surface area contributed by atoms with Gasteiger partial charge in [-0.1, -0.05) is 6.42 Å². The zero-order valence-electron chi connectivity index (χ0n) is 9.71. The van der Waals surface area contributed by atoms with Crippen molar-refractivity contribution in [3.63, 3.8) is 0 Å². The molecular weight excluding hydrogens is 200 g/mol. The van der Waals surface area contributed by atoms with E-state index < -0.39 is 0 Å². The highest BCUT2D eigenvalue weighted by molar-refractivity contribution is 5.50. The fourth-order valence-corrected chi connectivity index (χ4v) is 2.49. The summed E-state index contributed by atoms with van der Waals surface area (Å²) in [4.78, 5) is 15.4. The quantitative estimate of drug-likeness (QED) is 0.781. The molecule has 1 saturated carbocycles. The molecule has 0 unspecified atom stereocenters. The van der Waals surface area contributed by atoms with E-state index in [1.165, 1.54) is 19.3 Å². The third-order valence-electron chi connectivity index (χ3n) is 3.69. The van der Waals surface area contributed by atoms with Gasteiger partial charge in [0.1, 0.15) is 5.65 Å². The maximum absolute atomic E-state index is 12.2. The van der Waals surface area contributed by atoms with Crippen LogP contribution in [0, 0.1) is 13.8 Å². The standard InChI is InChI=1S/C13H16N2O/c1-8-6-15-7-11(10-4-3-5-10)12(16)9(2)13(15)14-8/h6-7,10,14H,3-5H2,1-2H3. The van der Waals surface area contributed by atoms with Crippen LogP contribution in [-0.2, 0) is 0 Å². The summed E-state index contributed by atoms with van der Waals surface area (Å²) in [5.74, 6) is 0.498. The van der Waals surface area contributed by atoms with E-state index in [0.717, 1.165) is 22.5 Å². The van der Waals surface area contributed by atoms with E-state index in [1.807, 2.05) is 26.2 Å². The minimum Gasteiger partial charge on any atom is -0.343 e. The van der Waals surface area contributed by atoms with Crippen molar-refractivity contribution in [1.29, 1.82) is 0 Å². The number of fused-ring (bicyclic) bond motifs is 1. The Bertz CT molecular complexity index is 602. The molecule has 0 aromatic carbocycles. The molecular formula is C13H16N2O. The molecule has 1 aliphatic rings. The molecule has 3 rings (SSSR count). The van der Waals surface area contributed by atoms with Gasteiger partial charge in [-0.05, 0) is 32.6 Å². The third-order valence-corrected chi connectivity index (χ3v) is 3.69. The lowest BCUT2D eigenvalue weighted by atomic mass is 9.80. The zero-order valence-corrected chi connectivity index (χ0v) is 9.71. The highest BCUT2D eigenvalue weighted by Crippen LogP contribution is 2.34. The van der Waals surface area contributed by atoms with Crippen LogP contribution in [0.3, 0.4) is 0 Å². The Morgan fingerprint density at radius 2 is 2.06 bits per heavy atom. The summed E-state index contributed by atoms with van der Waals surface area (Å²) in [5, 5.41) is 0. The molecule has 0 spiro atoms. The number of rotatable bonds is 1. The molecule has 0 atom stereocenters. The summed E-state index contributed by atoms with van der Waals surface area (Å²) in [5.41, 5.74) is 4.10. The molecule has 1 aliphatic carbocycles. The number of aromatic nitrogens is 2. The maximum atomic E-state index is 12.2. The van der Waals surface area contributed by atoms with E-state index in [9.17, 15) is 4.79 Å². The maximum Gasteiger partial charge on any atom is 0.190 e. The monoisotopic (exact) mass is 216 g/mol. The first kappa shape index (κ1) is 9.70. The van der Waals surface area contributed by atoms with E-state index in [4.69, 9.17) is 0 Å². The lowest BCUT2D eigenvalue weighted by Crippen LogP contribution is -2.21. The van der Waals surface area contributed by atoms with Crippen molar-refractivity contribution in [2.45, 2.75) is 39.0 Å². The van der Waals surface area contributed by atoms with Crippen molar-refractivity contribution in [3.05, 3.63) is 39.4 Å². The summed E-state index contributed by atoms with van der Waals surface area (Å²) in [6.07, 6.45) is 7.66. The van der Waals surface area contributed by atoms with Crippen LogP contribution in [0.15, 0.2) is 17.2 Å². The number of pyridine rings is 1. The molecule has 16 heavy (non-hydrogen) atoms. The molecule has 0 saturated heterocycles. The lowest BCUT2D eigenvalue weighted by Gasteiger charge is -2.25. The molecule has 0 amide bonds. The SMILES string of the molecule is Cc1cn2cc(C3CCC3)c(=O)c(C)c2[nH]1. The summed E-state index contributed by atoms with van der Waals surface area (Å²) in [6.45, 7) is 3.93. The van der Waals surface area contributed by atoms with Gasteiger partial charge in [0.25, 0.3) is 0 Å². The number of hydrogen-bond donors (Lipinski definition) is 1. The molecule has 1 N–H and O–H groups in total. The number of H-pyrrole nitrogens is 1. The first-order valence-corrected chi connectivity index (χ1v) is 5.88. The predicted molar refractivity (Wildman–Crippen MR) is 64.1 cm³/mol. The van der Waals surface area contributed by atoms with E-state index in [-0.39, 0.29) is 5.43 Å². The molecule has 0 bridgehead atoms. The number of nitrogens with one attached hydrogen (secondary N) is 1. The molecule has 1 fully saturated rings. The Hall–Kier alpha value is -1.51. The Labute approximate surface area is 94.1 Å². The van der Waals surface area contributed by atoms with Crippen LogP contribution < -0.4 is 5.43 Å². The average Bonchev–Trinajstić information content (AvgIpc) is 2.52. The first-order chi connectivity index (χ1) is 7.66. The van der Waals surface area contributed by atoms with Crippen molar-refractivity contribution < 1.29 is 0 Å². The van der Waals surface area contributed by atoms with Gasteiger partial charge < -0.3 is 9.38 Å². The Morgan fingerprint density at radius 1 is 1.31 bits per heavy atom. The van der Waals surface area contributed by atoms with Gasteiger partial charge in [0.15, 0.2) is 5.43 Å². The Kier molecular flexibility index (Phi) is 1.96. The van der Waals surface area contributed by atoms with Crippen molar-refractivity contribution in [1.82, 2.24) is 9.38 Å². The topological polar surface area (TPSA) is 37.3 Å². The number of hydrogen-bond acceptors (Lipinski definition) is 1. The highest BCUT2D eigenvalue weighted by atomic mass is 16.1. The van der Waals surface area contributed by atoms with E-state index in [1.54, 1.807) is 0 Å². The molecule has 2 aromatic rings. The van der Waals surface area contributed by atoms with Gasteiger partial charge in [0, 0.05) is 29.2 Å². The summed E-state index contributed by atoms with van der Waals surface area (Å²) in [7, 11) is 0. The van der Waals surface area contributed by atoms with E-state index in [0.29, 0.717) is 5.92 Å². The number of nitrogens with zero attached hydrogens (tertiary/aromatic N) is 1. The molecule has 3 heteroatoms. The van der Waals surface area contributed by atoms with Crippen LogP contribution in [0.2, 0.25) is 0 Å². The summed E-state index contributed by atoms with van der Waals surface area (Å²) < 4.78 is 2.06. The predicted octanol–water partition coefficient (Wildman–Crippen LogP) is 2.51. The molecule has 84 valence electrons. The molecule has 2 aromatic heterocycles. The minimum absolute atomic E-state index is 0.228. The second kappa shape index (κ2) is 3.24. The van der Waals surface area contributed by atoms with Crippen LogP contribution in [-0.4, -0.2) is 9.38 Å². The van der Waals surface area contributed by atoms with Crippen molar-refractivity contribution in [2.75, 3.05) is 0 Å². The Morgan fingerprint density at radius 3 is 2.69 bits per heavy atom. The van der Waals surface area contributed by atoms with Gasteiger partial charge in [-0.15, -0.1) is 0 Å². The smallest absolute Gasteiger partial charge is 0.190 e. The van der Waals surface area contributed by atoms with Gasteiger partial charge in [0.2, 0.25) is 0 Å². The van der Waals surface area contributed by atoms with Gasteiger partial charge in [-0.3, -0.25) is 4.79 Å². The van der Waals surface area contributed by atoms with Crippen LogP contribution in [0.1, 0.15) is 42.0 Å². The zero-order chi connectivity index (χ0) is 11.3. The second-order valence-electron chi connectivity index (χ2n) is 4.86. The largest absolute Gasteiger partial charge is 0.343 e. The molecule has 2 heterocycles. The van der Waals surface area contributed by atoms with E-state index in [2.05, 4.69) is 9.38 Å². The molecule has 0 aliphatic heterocycles. The minimum atomic E-state index is 0.228. The normalized spacial score (nSPS) is 16.6. The van der Waals surface area contributed by atoms with Crippen LogP contribution in [0.25, 0.3) is 5.65 Å². The van der Waals surface area contributed by atoms with Crippen LogP contribution >= 0.6 is 0 Å². The first-order valence-electron chi connectivity index (χ1n) is 5.88. The van der Waals surface area contributed by atoms with Crippen LogP contribution in [0.4, 0.5) is 0 Å². The summed E-state index contributed by atoms with van der Waals surface area (Å²) >= 11 is 0. The molecule has 3 nitrogen and oxygen atoms in total. The lowest BCUT2D eigenvalue weighted by molar-refractivity contribution is 0.416. The third kappa shape index (κ3) is 1.24. The number of aromatic amines is 1. The van der Waals surface area contributed by atoms with Gasteiger partial charge in [-0.25, -0.2) is 0 Å². The number of aryl methyl sites for hydroxylation is 2. The fraction of sp³-hybridized carbons (Fsp3) is 0.462. The van der Waals surface area contributed by atoms with Crippen molar-refractivity contribution >= 4 is 5.65 Å². The van der Waals surface area contributed by atoms with Crippen LogP contribution in [0.5, 0.6) is 0 Å². The Balaban J connectivity index is 2.29. The van der Waals surface area contributed by atoms with Crippen molar-refractivity contribution in [3.8, 4) is 0 Å². The van der Waals surface area contributed by atoms with Gasteiger partial charge in [-0.2, -0.15) is 0 Å². The fourth-order valence-electron chi connectivity index (χ4n) is 2.49. The second-order valence-corrected chi connectivity index (χ2v) is 4.86. The van der Waals surface area contributed by atoms with Gasteiger partial charge in [0.05, 0.1) is 0 Å². The highest BCUT2D eigenvalue weighted by Gasteiger charge is 2.23. The average molecular weight is 216 g/mol. The number of imidazole rings is 1. The van der Waals surface area contributed by atoms with Crippen molar-refractivity contribution in [2.24, 2.45) is 0 Å². The van der Waals surface area contributed by atoms with E-state index >= 15 is 0 Å². The van der Waals surface area contributed by atoms with Gasteiger partial charge >= 0.3 is 0 Å². The molecule has 0 radical (unpaired) electrons.